The molecule has 0 unspecified atom stereocenters. The number of aryl methyl sites for hydroxylation is 1. The van der Waals surface area contributed by atoms with Crippen LogP contribution in [0, 0.1) is 11.6 Å². The van der Waals surface area contributed by atoms with Crippen LogP contribution in [0.25, 0.3) is 22.3 Å². The number of imidazole rings is 1. The average Bonchev–Trinajstić information content (AvgIpc) is 3.58. The molecule has 2 N–H and O–H groups in total. The predicted molar refractivity (Wildman–Crippen MR) is 144 cm³/mol. The van der Waals surface area contributed by atoms with Crippen LogP contribution in [0.3, 0.4) is 0 Å². The number of rotatable bonds is 9. The Kier molecular flexibility index (Phi) is 7.46. The Morgan fingerprint density at radius 3 is 2.71 bits per heavy atom. The van der Waals surface area contributed by atoms with E-state index in [0.717, 1.165) is 22.2 Å². The van der Waals surface area contributed by atoms with Gasteiger partial charge in [0, 0.05) is 47.9 Å². The van der Waals surface area contributed by atoms with Crippen molar-refractivity contribution < 1.29 is 23.0 Å². The fourth-order valence-electron chi connectivity index (χ4n) is 4.34. The van der Waals surface area contributed by atoms with Crippen molar-refractivity contribution in [1.29, 1.82) is 0 Å². The third-order valence-electron chi connectivity index (χ3n) is 6.19. The number of thioether (sulfide) groups is 1. The summed E-state index contributed by atoms with van der Waals surface area (Å²) in [5.41, 5.74) is 3.74. The van der Waals surface area contributed by atoms with Crippen molar-refractivity contribution in [1.82, 2.24) is 15.0 Å². The molecule has 0 radical (unpaired) electrons. The van der Waals surface area contributed by atoms with Gasteiger partial charge >= 0.3 is 5.97 Å². The molecule has 0 aliphatic carbocycles. The number of methoxy groups -OCH3 is 1. The number of H-pyrrole nitrogens is 2. The van der Waals surface area contributed by atoms with Crippen molar-refractivity contribution in [2.75, 3.05) is 13.4 Å². The first kappa shape index (κ1) is 25.5. The third-order valence-corrected chi connectivity index (χ3v) is 7.01. The molecular formula is C29H25F2N3O3S. The summed E-state index contributed by atoms with van der Waals surface area (Å²) in [5.74, 6) is -0.508. The Bertz CT molecular complexity index is 1610. The van der Waals surface area contributed by atoms with E-state index in [9.17, 15) is 13.6 Å². The maximum atomic E-state index is 14.9. The lowest BCUT2D eigenvalue weighted by molar-refractivity contribution is -0.140. The topological polar surface area (TPSA) is 80.0 Å². The van der Waals surface area contributed by atoms with Gasteiger partial charge in [-0.3, -0.25) is 4.79 Å². The molecule has 0 saturated heterocycles. The molecule has 5 aromatic rings. The summed E-state index contributed by atoms with van der Waals surface area (Å²) >= 11 is 1.38. The van der Waals surface area contributed by atoms with Crippen LogP contribution in [-0.4, -0.2) is 34.3 Å². The Morgan fingerprint density at radius 1 is 1.05 bits per heavy atom. The molecule has 2 aromatic heterocycles. The number of benzene rings is 3. The number of aromatic amines is 2. The Balaban J connectivity index is 1.36. The highest BCUT2D eigenvalue weighted by Crippen LogP contribution is 2.40. The summed E-state index contributed by atoms with van der Waals surface area (Å²) in [7, 11) is 1.38. The van der Waals surface area contributed by atoms with E-state index in [-0.39, 0.29) is 17.3 Å². The number of fused-ring (bicyclic) bond motifs is 1. The Morgan fingerprint density at radius 2 is 1.89 bits per heavy atom. The molecule has 38 heavy (non-hydrogen) atoms. The maximum absolute atomic E-state index is 14.9. The molecule has 194 valence electrons. The summed E-state index contributed by atoms with van der Waals surface area (Å²) < 4.78 is 40.4. The van der Waals surface area contributed by atoms with Crippen molar-refractivity contribution in [3.05, 3.63) is 95.4 Å². The monoisotopic (exact) mass is 533 g/mol. The third kappa shape index (κ3) is 5.43. The second-order valence-corrected chi connectivity index (χ2v) is 9.55. The molecule has 0 aliphatic rings. The minimum absolute atomic E-state index is 0.0920. The van der Waals surface area contributed by atoms with Gasteiger partial charge in [-0.05, 0) is 48.1 Å². The van der Waals surface area contributed by atoms with Crippen molar-refractivity contribution in [2.24, 2.45) is 0 Å². The number of nitrogens with zero attached hydrogens (tertiary/aromatic N) is 1. The molecule has 0 spiro atoms. The summed E-state index contributed by atoms with van der Waals surface area (Å²) in [6, 6.07) is 15.4. The Labute approximate surface area is 222 Å². The van der Waals surface area contributed by atoms with Crippen molar-refractivity contribution in [3.63, 3.8) is 0 Å². The first-order valence-corrected chi connectivity index (χ1v) is 13.2. The van der Waals surface area contributed by atoms with Gasteiger partial charge in [0.25, 0.3) is 0 Å². The van der Waals surface area contributed by atoms with E-state index >= 15 is 0 Å². The molecule has 0 saturated carbocycles. The molecule has 0 aliphatic heterocycles. The van der Waals surface area contributed by atoms with Gasteiger partial charge in [-0.2, -0.15) is 0 Å². The Hall–Kier alpha value is -4.11. The minimum atomic E-state index is -0.510. The van der Waals surface area contributed by atoms with Gasteiger partial charge < -0.3 is 19.4 Å². The quantitative estimate of drug-likeness (QED) is 0.157. The SMILES string of the molecule is COC(=O)CCc1cccc(Cc2cnc(-c3cc(Oc4c(F)cc5[nH]ccc5c4SC)ccc3F)[nH]2)c1. The van der Waals surface area contributed by atoms with Gasteiger partial charge in [-0.15, -0.1) is 11.8 Å². The van der Waals surface area contributed by atoms with E-state index in [2.05, 4.69) is 15.0 Å². The second kappa shape index (κ2) is 11.1. The van der Waals surface area contributed by atoms with Crippen molar-refractivity contribution in [3.8, 4) is 22.9 Å². The number of nitrogens with one attached hydrogen (secondary N) is 2. The number of halogens is 2. The number of ether oxygens (including phenoxy) is 2. The fraction of sp³-hybridized carbons (Fsp3) is 0.172. The van der Waals surface area contributed by atoms with Crippen molar-refractivity contribution in [2.45, 2.75) is 24.2 Å². The van der Waals surface area contributed by atoms with Gasteiger partial charge in [0.15, 0.2) is 11.6 Å². The van der Waals surface area contributed by atoms with Gasteiger partial charge in [0.1, 0.15) is 17.4 Å². The van der Waals surface area contributed by atoms with E-state index in [1.165, 1.54) is 43.1 Å². The molecule has 3 aromatic carbocycles. The lowest BCUT2D eigenvalue weighted by Gasteiger charge is -2.13. The first-order chi connectivity index (χ1) is 18.4. The van der Waals surface area contributed by atoms with Crippen LogP contribution in [0.15, 0.2) is 71.9 Å². The average molecular weight is 534 g/mol. The zero-order valence-corrected chi connectivity index (χ0v) is 21.6. The van der Waals surface area contributed by atoms with Gasteiger partial charge in [0.2, 0.25) is 0 Å². The number of hydrogen-bond acceptors (Lipinski definition) is 5. The molecule has 0 amide bonds. The lowest BCUT2D eigenvalue weighted by Crippen LogP contribution is -2.02. The van der Waals surface area contributed by atoms with Crippen LogP contribution in [0.1, 0.15) is 23.2 Å². The largest absolute Gasteiger partial charge is 0.469 e. The highest BCUT2D eigenvalue weighted by molar-refractivity contribution is 7.99. The molecule has 0 atom stereocenters. The zero-order chi connectivity index (χ0) is 26.6. The maximum Gasteiger partial charge on any atom is 0.305 e. The van der Waals surface area contributed by atoms with Gasteiger partial charge in [0.05, 0.1) is 17.6 Å². The standard InChI is InChI=1S/C29H25F2N3O3S/c1-36-26(35)9-6-17-4-3-5-18(12-17)13-19-16-33-29(34-19)22-14-20(7-8-23(22)30)37-27-24(31)15-25-21(10-11-32-25)28(27)38-2/h3-5,7-8,10-12,14-16,32H,6,9,13H2,1-2H3,(H,33,34). The molecular weight excluding hydrogens is 508 g/mol. The highest BCUT2D eigenvalue weighted by atomic mass is 32.2. The summed E-state index contributed by atoms with van der Waals surface area (Å²) in [5, 5.41) is 0.848. The van der Waals surface area contributed by atoms with Crippen LogP contribution < -0.4 is 4.74 Å². The number of carbonyl (C=O) groups is 1. The van der Waals surface area contributed by atoms with Crippen LogP contribution in [0.2, 0.25) is 0 Å². The van der Waals surface area contributed by atoms with E-state index < -0.39 is 11.6 Å². The smallest absolute Gasteiger partial charge is 0.305 e. The summed E-state index contributed by atoms with van der Waals surface area (Å²) in [6.45, 7) is 0. The highest BCUT2D eigenvalue weighted by Gasteiger charge is 2.18. The summed E-state index contributed by atoms with van der Waals surface area (Å²) in [4.78, 5) is 22.7. The number of esters is 1. The van der Waals surface area contributed by atoms with Crippen LogP contribution in [0.5, 0.6) is 11.5 Å². The summed E-state index contributed by atoms with van der Waals surface area (Å²) in [6.07, 6.45) is 6.71. The molecule has 9 heteroatoms. The fourth-order valence-corrected chi connectivity index (χ4v) is 5.06. The molecule has 0 bridgehead atoms. The van der Waals surface area contributed by atoms with E-state index in [0.29, 0.717) is 41.2 Å². The minimum Gasteiger partial charge on any atom is -0.469 e. The second-order valence-electron chi connectivity index (χ2n) is 8.73. The number of carbonyl (C=O) groups excluding carboxylic acids is 1. The van der Waals surface area contributed by atoms with Crippen LogP contribution in [0.4, 0.5) is 8.78 Å². The van der Waals surface area contributed by atoms with E-state index in [4.69, 9.17) is 9.47 Å². The molecule has 5 rings (SSSR count). The van der Waals surface area contributed by atoms with E-state index in [1.54, 1.807) is 12.4 Å². The van der Waals surface area contributed by atoms with E-state index in [1.807, 2.05) is 36.6 Å². The van der Waals surface area contributed by atoms with Gasteiger partial charge in [-0.25, -0.2) is 13.8 Å². The molecule has 0 fully saturated rings. The van der Waals surface area contributed by atoms with Crippen LogP contribution >= 0.6 is 11.8 Å². The van der Waals surface area contributed by atoms with Crippen LogP contribution in [-0.2, 0) is 22.4 Å². The normalized spacial score (nSPS) is 11.2. The zero-order valence-electron chi connectivity index (χ0n) is 20.8. The number of aromatic nitrogens is 3. The molecule has 6 nitrogen and oxygen atoms in total. The lowest BCUT2D eigenvalue weighted by atomic mass is 10.0. The van der Waals surface area contributed by atoms with Gasteiger partial charge in [-0.1, -0.05) is 24.3 Å². The predicted octanol–water partition coefficient (Wildman–Crippen LogP) is 7.05. The van der Waals surface area contributed by atoms with Crippen molar-refractivity contribution >= 4 is 28.6 Å². The first-order valence-electron chi connectivity index (χ1n) is 11.9. The number of hydrogen-bond donors (Lipinski definition) is 2. The molecule has 2 heterocycles.